The number of piperidine rings is 1. The molecule has 2 aromatic carbocycles. The number of nitrogens with one attached hydrogen (secondary N) is 1. The Morgan fingerprint density at radius 2 is 1.96 bits per heavy atom. The Balaban J connectivity index is 1.66. The van der Waals surface area contributed by atoms with E-state index in [1.807, 2.05) is 12.1 Å². The van der Waals surface area contributed by atoms with Gasteiger partial charge in [0.25, 0.3) is 0 Å². The fourth-order valence-corrected chi connectivity index (χ4v) is 4.36. The summed E-state index contributed by atoms with van der Waals surface area (Å²) in [5.41, 5.74) is 4.82. The number of aromatic amines is 1. The Morgan fingerprint density at radius 3 is 2.77 bits per heavy atom. The zero-order valence-corrected chi connectivity index (χ0v) is 15.7. The van der Waals surface area contributed by atoms with Crippen LogP contribution in [0.2, 0.25) is 0 Å². The molecule has 4 rings (SSSR count). The maximum absolute atomic E-state index is 13.8. The number of H-pyrrole nitrogens is 1. The first-order valence-corrected chi connectivity index (χ1v) is 9.60. The van der Waals surface area contributed by atoms with Crippen LogP contribution < -0.4 is 0 Å². The van der Waals surface area contributed by atoms with Crippen molar-refractivity contribution in [2.24, 2.45) is 5.41 Å². The highest BCUT2D eigenvalue weighted by atomic mass is 19.1. The summed E-state index contributed by atoms with van der Waals surface area (Å²) in [5, 5.41) is 1.25. The molecule has 1 aliphatic rings. The minimum absolute atomic E-state index is 0.190. The van der Waals surface area contributed by atoms with Crippen molar-refractivity contribution in [2.45, 2.75) is 33.1 Å². The molecule has 1 N–H and O–H groups in total. The maximum atomic E-state index is 13.8. The molecule has 3 heteroatoms. The molecular weight excluding hydrogens is 323 g/mol. The molecule has 2 nitrogen and oxygen atoms in total. The lowest BCUT2D eigenvalue weighted by Gasteiger charge is -2.38. The van der Waals surface area contributed by atoms with Gasteiger partial charge in [0.2, 0.25) is 0 Å². The van der Waals surface area contributed by atoms with E-state index >= 15 is 0 Å². The summed E-state index contributed by atoms with van der Waals surface area (Å²) in [4.78, 5) is 6.11. The fourth-order valence-electron chi connectivity index (χ4n) is 4.36. The third kappa shape index (κ3) is 3.54. The van der Waals surface area contributed by atoms with Gasteiger partial charge in [0.05, 0.1) is 0 Å². The van der Waals surface area contributed by atoms with Crippen molar-refractivity contribution in [3.05, 3.63) is 59.9 Å². The highest BCUT2D eigenvalue weighted by Crippen LogP contribution is 2.32. The molecule has 0 aliphatic carbocycles. The van der Waals surface area contributed by atoms with Crippen LogP contribution in [0.5, 0.6) is 0 Å². The molecule has 0 bridgehead atoms. The fraction of sp³-hybridized carbons (Fsp3) is 0.391. The van der Waals surface area contributed by atoms with Crippen LogP contribution in [-0.2, 0) is 6.42 Å². The van der Waals surface area contributed by atoms with Crippen LogP contribution in [-0.4, -0.2) is 29.5 Å². The molecule has 1 aliphatic heterocycles. The summed E-state index contributed by atoms with van der Waals surface area (Å²) in [6.45, 7) is 8.12. The number of likely N-dealkylation sites (tertiary alicyclic amines) is 1. The maximum Gasteiger partial charge on any atom is 0.123 e. The van der Waals surface area contributed by atoms with E-state index in [4.69, 9.17) is 0 Å². The third-order valence-corrected chi connectivity index (χ3v) is 5.58. The van der Waals surface area contributed by atoms with Gasteiger partial charge in [-0.25, -0.2) is 4.39 Å². The zero-order chi connectivity index (χ0) is 18.1. The van der Waals surface area contributed by atoms with Crippen LogP contribution in [0.1, 0.15) is 32.3 Å². The van der Waals surface area contributed by atoms with Gasteiger partial charge < -0.3 is 9.88 Å². The summed E-state index contributed by atoms with van der Waals surface area (Å²) in [7, 11) is 0. The number of para-hydroxylation sites is 1. The number of nitrogens with zero attached hydrogens (tertiary/aromatic N) is 1. The first-order valence-electron chi connectivity index (χ1n) is 9.60. The number of aromatic nitrogens is 1. The van der Waals surface area contributed by atoms with E-state index in [0.717, 1.165) is 36.3 Å². The molecule has 1 aromatic heterocycles. The molecule has 2 heterocycles. The minimum atomic E-state index is -0.190. The number of hydrogen-bond donors (Lipinski definition) is 1. The van der Waals surface area contributed by atoms with Crippen LogP contribution in [0.3, 0.4) is 0 Å². The molecule has 1 fully saturated rings. The molecular formula is C23H27FN2. The first-order chi connectivity index (χ1) is 12.5. The summed E-state index contributed by atoms with van der Waals surface area (Å²) in [6, 6.07) is 15.3. The van der Waals surface area contributed by atoms with Gasteiger partial charge in [-0.3, -0.25) is 0 Å². The molecule has 0 radical (unpaired) electrons. The van der Waals surface area contributed by atoms with Gasteiger partial charge in [-0.05, 0) is 55.0 Å². The Morgan fingerprint density at radius 1 is 1.12 bits per heavy atom. The van der Waals surface area contributed by atoms with E-state index in [9.17, 15) is 4.39 Å². The number of hydrogen-bond acceptors (Lipinski definition) is 1. The first kappa shape index (κ1) is 17.3. The van der Waals surface area contributed by atoms with Crippen molar-refractivity contribution in [1.82, 2.24) is 9.88 Å². The summed E-state index contributed by atoms with van der Waals surface area (Å²) in [6.07, 6.45) is 3.56. The number of benzene rings is 2. The van der Waals surface area contributed by atoms with Gasteiger partial charge in [0.15, 0.2) is 0 Å². The third-order valence-electron chi connectivity index (χ3n) is 5.58. The van der Waals surface area contributed by atoms with E-state index < -0.39 is 0 Å². The van der Waals surface area contributed by atoms with Gasteiger partial charge in [-0.2, -0.15) is 0 Å². The topological polar surface area (TPSA) is 19.0 Å². The van der Waals surface area contributed by atoms with Crippen molar-refractivity contribution < 1.29 is 4.39 Å². The largest absolute Gasteiger partial charge is 0.354 e. The smallest absolute Gasteiger partial charge is 0.123 e. The molecule has 0 amide bonds. The van der Waals surface area contributed by atoms with E-state index in [1.54, 1.807) is 12.1 Å². The Kier molecular flexibility index (Phi) is 4.58. The van der Waals surface area contributed by atoms with Crippen molar-refractivity contribution in [1.29, 1.82) is 0 Å². The van der Waals surface area contributed by atoms with Gasteiger partial charge in [0.1, 0.15) is 5.82 Å². The summed E-state index contributed by atoms with van der Waals surface area (Å²) >= 11 is 0. The van der Waals surface area contributed by atoms with E-state index in [-0.39, 0.29) is 5.82 Å². The van der Waals surface area contributed by atoms with Gasteiger partial charge in [-0.15, -0.1) is 0 Å². The number of rotatable bonds is 4. The SMILES string of the molecule is CC1(C)CCCN(CCc2c(-c3cccc(F)c3)[nH]c3ccccc23)C1. The standard InChI is InChI=1S/C23H27FN2/c1-23(2)12-6-13-26(16-23)14-11-20-19-9-3-4-10-21(19)25-22(20)17-7-5-8-18(24)15-17/h3-5,7-10,15,25H,6,11-14,16H2,1-2H3. The van der Waals surface area contributed by atoms with Crippen LogP contribution in [0.25, 0.3) is 22.2 Å². The molecule has 136 valence electrons. The predicted octanol–water partition coefficient (Wildman–Crippen LogP) is 5.64. The van der Waals surface area contributed by atoms with Crippen molar-refractivity contribution in [2.75, 3.05) is 19.6 Å². The predicted molar refractivity (Wildman–Crippen MR) is 107 cm³/mol. The lowest BCUT2D eigenvalue weighted by molar-refractivity contribution is 0.119. The van der Waals surface area contributed by atoms with Crippen molar-refractivity contribution in [3.8, 4) is 11.3 Å². The van der Waals surface area contributed by atoms with E-state index in [1.165, 1.54) is 36.4 Å². The van der Waals surface area contributed by atoms with Crippen LogP contribution in [0.15, 0.2) is 48.5 Å². The van der Waals surface area contributed by atoms with Crippen molar-refractivity contribution in [3.63, 3.8) is 0 Å². The van der Waals surface area contributed by atoms with E-state index in [0.29, 0.717) is 5.41 Å². The van der Waals surface area contributed by atoms with Gasteiger partial charge >= 0.3 is 0 Å². The highest BCUT2D eigenvalue weighted by molar-refractivity contribution is 5.90. The molecule has 1 saturated heterocycles. The molecule has 26 heavy (non-hydrogen) atoms. The second-order valence-corrected chi connectivity index (χ2v) is 8.33. The Bertz CT molecular complexity index is 909. The number of fused-ring (bicyclic) bond motifs is 1. The highest BCUT2D eigenvalue weighted by Gasteiger charge is 2.26. The Labute approximate surface area is 155 Å². The average molecular weight is 350 g/mol. The van der Waals surface area contributed by atoms with Crippen LogP contribution >= 0.6 is 0 Å². The second-order valence-electron chi connectivity index (χ2n) is 8.33. The van der Waals surface area contributed by atoms with Crippen molar-refractivity contribution >= 4 is 10.9 Å². The second kappa shape index (κ2) is 6.88. The van der Waals surface area contributed by atoms with Gasteiger partial charge in [-0.1, -0.05) is 44.2 Å². The van der Waals surface area contributed by atoms with Crippen LogP contribution in [0, 0.1) is 11.2 Å². The summed E-state index contributed by atoms with van der Waals surface area (Å²) < 4.78 is 13.8. The molecule has 0 unspecified atom stereocenters. The minimum Gasteiger partial charge on any atom is -0.354 e. The van der Waals surface area contributed by atoms with E-state index in [2.05, 4.69) is 41.9 Å². The van der Waals surface area contributed by atoms with Crippen LogP contribution in [0.4, 0.5) is 4.39 Å². The quantitative estimate of drug-likeness (QED) is 0.645. The zero-order valence-electron chi connectivity index (χ0n) is 15.7. The molecule has 0 atom stereocenters. The number of halogens is 1. The molecule has 3 aromatic rings. The lowest BCUT2D eigenvalue weighted by atomic mass is 9.84. The summed E-state index contributed by atoms with van der Waals surface area (Å²) in [5.74, 6) is -0.190. The molecule has 0 saturated carbocycles. The van der Waals surface area contributed by atoms with Gasteiger partial charge in [0, 0.05) is 35.2 Å². The lowest BCUT2D eigenvalue weighted by Crippen LogP contribution is -2.40. The normalized spacial score (nSPS) is 17.7. The monoisotopic (exact) mass is 350 g/mol. The Hall–Kier alpha value is -2.13. The average Bonchev–Trinajstić information content (AvgIpc) is 2.98. The molecule has 0 spiro atoms.